The molecule has 0 aliphatic rings. The fraction of sp³-hybridized carbons (Fsp3) is 0.750. The predicted molar refractivity (Wildman–Crippen MR) is 63.7 cm³/mol. The lowest BCUT2D eigenvalue weighted by atomic mass is 10.3. The highest BCUT2D eigenvalue weighted by molar-refractivity contribution is 5.87. The molecule has 0 saturated heterocycles. The molecule has 0 aliphatic carbocycles. The SMILES string of the molecule is C=C(C)C(=O)OC(CC)COCCOCCO. The molecule has 17 heavy (non-hydrogen) atoms. The Morgan fingerprint density at radius 3 is 2.47 bits per heavy atom. The van der Waals surface area contributed by atoms with Crippen LogP contribution in [0.1, 0.15) is 20.3 Å². The molecule has 0 aliphatic heterocycles. The van der Waals surface area contributed by atoms with E-state index in [1.165, 1.54) is 0 Å². The van der Waals surface area contributed by atoms with Crippen molar-refractivity contribution in [1.29, 1.82) is 0 Å². The van der Waals surface area contributed by atoms with Crippen molar-refractivity contribution in [2.24, 2.45) is 0 Å². The second-order valence-corrected chi connectivity index (χ2v) is 3.63. The number of aliphatic hydroxyl groups is 1. The van der Waals surface area contributed by atoms with Crippen molar-refractivity contribution in [3.8, 4) is 0 Å². The minimum Gasteiger partial charge on any atom is -0.457 e. The Kier molecular flexibility index (Phi) is 9.71. The normalized spacial score (nSPS) is 12.2. The maximum atomic E-state index is 11.3. The number of carbonyl (C=O) groups is 1. The molecule has 5 nitrogen and oxygen atoms in total. The number of carbonyl (C=O) groups excluding carboxylic acids is 1. The largest absolute Gasteiger partial charge is 0.457 e. The summed E-state index contributed by atoms with van der Waals surface area (Å²) in [5.41, 5.74) is 0.384. The number of hydrogen-bond acceptors (Lipinski definition) is 5. The highest BCUT2D eigenvalue weighted by Crippen LogP contribution is 2.03. The Morgan fingerprint density at radius 1 is 1.29 bits per heavy atom. The third-order valence-electron chi connectivity index (χ3n) is 1.99. The first-order valence-corrected chi connectivity index (χ1v) is 5.74. The van der Waals surface area contributed by atoms with E-state index in [4.69, 9.17) is 19.3 Å². The van der Waals surface area contributed by atoms with Gasteiger partial charge in [-0.25, -0.2) is 4.79 Å². The van der Waals surface area contributed by atoms with Gasteiger partial charge in [0.2, 0.25) is 0 Å². The molecular formula is C12H22O5. The summed E-state index contributed by atoms with van der Waals surface area (Å²) in [6, 6.07) is 0. The van der Waals surface area contributed by atoms with Crippen molar-refractivity contribution in [1.82, 2.24) is 0 Å². The smallest absolute Gasteiger partial charge is 0.333 e. The van der Waals surface area contributed by atoms with Crippen LogP contribution in [0.5, 0.6) is 0 Å². The van der Waals surface area contributed by atoms with E-state index in [2.05, 4.69) is 6.58 Å². The Morgan fingerprint density at radius 2 is 1.94 bits per heavy atom. The molecule has 0 aromatic rings. The molecule has 0 bridgehead atoms. The molecule has 100 valence electrons. The molecule has 1 atom stereocenters. The van der Waals surface area contributed by atoms with Crippen LogP contribution in [0.2, 0.25) is 0 Å². The van der Waals surface area contributed by atoms with Crippen LogP contribution in [0, 0.1) is 0 Å². The van der Waals surface area contributed by atoms with E-state index in [9.17, 15) is 4.79 Å². The third-order valence-corrected chi connectivity index (χ3v) is 1.99. The van der Waals surface area contributed by atoms with E-state index in [0.29, 0.717) is 38.4 Å². The number of rotatable bonds is 10. The Bertz CT molecular complexity index is 227. The van der Waals surface area contributed by atoms with Crippen molar-refractivity contribution in [3.05, 3.63) is 12.2 Å². The van der Waals surface area contributed by atoms with Crippen molar-refractivity contribution >= 4 is 5.97 Å². The Labute approximate surface area is 102 Å². The lowest BCUT2D eigenvalue weighted by Gasteiger charge is -2.16. The summed E-state index contributed by atoms with van der Waals surface area (Å²) < 4.78 is 15.5. The zero-order chi connectivity index (χ0) is 13.1. The van der Waals surface area contributed by atoms with Gasteiger partial charge in [-0.2, -0.15) is 0 Å². The highest BCUT2D eigenvalue weighted by atomic mass is 16.6. The van der Waals surface area contributed by atoms with E-state index in [1.54, 1.807) is 6.92 Å². The summed E-state index contributed by atoms with van der Waals surface area (Å²) in [4.78, 5) is 11.3. The van der Waals surface area contributed by atoms with Gasteiger partial charge in [0.05, 0.1) is 33.0 Å². The van der Waals surface area contributed by atoms with Crippen molar-refractivity contribution in [3.63, 3.8) is 0 Å². The van der Waals surface area contributed by atoms with Crippen LogP contribution < -0.4 is 0 Å². The lowest BCUT2D eigenvalue weighted by molar-refractivity contribution is -0.147. The van der Waals surface area contributed by atoms with Gasteiger partial charge in [-0.1, -0.05) is 13.5 Å². The molecule has 0 aromatic carbocycles. The van der Waals surface area contributed by atoms with Crippen LogP contribution in [-0.4, -0.2) is 50.2 Å². The van der Waals surface area contributed by atoms with Crippen LogP contribution in [-0.2, 0) is 19.0 Å². The molecule has 0 aromatic heterocycles. The monoisotopic (exact) mass is 246 g/mol. The third kappa shape index (κ3) is 8.85. The number of hydrogen-bond donors (Lipinski definition) is 1. The van der Waals surface area contributed by atoms with Crippen molar-refractivity contribution in [2.75, 3.05) is 33.0 Å². The minimum absolute atomic E-state index is 0.00775. The Hall–Kier alpha value is -0.910. The molecule has 0 amide bonds. The maximum absolute atomic E-state index is 11.3. The van der Waals surface area contributed by atoms with Crippen molar-refractivity contribution in [2.45, 2.75) is 26.4 Å². The molecule has 0 heterocycles. The molecule has 0 fully saturated rings. The first-order chi connectivity index (χ1) is 8.11. The van der Waals surface area contributed by atoms with E-state index in [0.717, 1.165) is 0 Å². The minimum atomic E-state index is -0.392. The van der Waals surface area contributed by atoms with Crippen molar-refractivity contribution < 1.29 is 24.1 Å². The van der Waals surface area contributed by atoms with Crippen LogP contribution >= 0.6 is 0 Å². The average molecular weight is 246 g/mol. The molecule has 0 radical (unpaired) electrons. The summed E-state index contributed by atoms with van der Waals surface area (Å²) in [6.45, 7) is 8.55. The topological polar surface area (TPSA) is 65.0 Å². The molecule has 1 unspecified atom stereocenters. The second-order valence-electron chi connectivity index (χ2n) is 3.63. The molecule has 1 N–H and O–H groups in total. The summed E-state index contributed by atoms with van der Waals surface area (Å²) in [6.07, 6.45) is 0.438. The van der Waals surface area contributed by atoms with E-state index < -0.39 is 5.97 Å². The predicted octanol–water partition coefficient (Wildman–Crippen LogP) is 0.910. The summed E-state index contributed by atoms with van der Waals surface area (Å²) >= 11 is 0. The lowest BCUT2D eigenvalue weighted by Crippen LogP contribution is -2.24. The number of aliphatic hydroxyl groups excluding tert-OH is 1. The van der Waals surface area contributed by atoms with E-state index in [1.807, 2.05) is 6.92 Å². The quantitative estimate of drug-likeness (QED) is 0.352. The molecule has 0 rings (SSSR count). The first kappa shape index (κ1) is 16.1. The van der Waals surface area contributed by atoms with Crippen LogP contribution in [0.15, 0.2) is 12.2 Å². The molecular weight excluding hydrogens is 224 g/mol. The first-order valence-electron chi connectivity index (χ1n) is 5.74. The van der Waals surface area contributed by atoms with Gasteiger partial charge >= 0.3 is 5.97 Å². The zero-order valence-electron chi connectivity index (χ0n) is 10.6. The van der Waals surface area contributed by atoms with Gasteiger partial charge in [-0.05, 0) is 13.3 Å². The maximum Gasteiger partial charge on any atom is 0.333 e. The van der Waals surface area contributed by atoms with E-state index >= 15 is 0 Å². The highest BCUT2D eigenvalue weighted by Gasteiger charge is 2.12. The van der Waals surface area contributed by atoms with Gasteiger partial charge in [-0.15, -0.1) is 0 Å². The molecule has 0 spiro atoms. The van der Waals surface area contributed by atoms with Crippen LogP contribution in [0.3, 0.4) is 0 Å². The van der Waals surface area contributed by atoms with Crippen LogP contribution in [0.25, 0.3) is 0 Å². The van der Waals surface area contributed by atoms with Gasteiger partial charge < -0.3 is 19.3 Å². The second kappa shape index (κ2) is 10.3. The molecule has 0 saturated carbocycles. The molecule has 5 heteroatoms. The van der Waals surface area contributed by atoms with E-state index in [-0.39, 0.29) is 12.7 Å². The fourth-order valence-corrected chi connectivity index (χ4v) is 0.986. The average Bonchev–Trinajstić information content (AvgIpc) is 2.31. The van der Waals surface area contributed by atoms with Gasteiger partial charge in [-0.3, -0.25) is 0 Å². The zero-order valence-corrected chi connectivity index (χ0v) is 10.6. The fourth-order valence-electron chi connectivity index (χ4n) is 0.986. The van der Waals surface area contributed by atoms with Gasteiger partial charge in [0.25, 0.3) is 0 Å². The number of esters is 1. The summed E-state index contributed by atoms with van der Waals surface area (Å²) in [5, 5.41) is 8.47. The van der Waals surface area contributed by atoms with Gasteiger partial charge in [0.15, 0.2) is 0 Å². The van der Waals surface area contributed by atoms with Gasteiger partial charge in [0, 0.05) is 5.57 Å². The standard InChI is InChI=1S/C12H22O5/c1-4-11(17-12(14)10(2)3)9-16-8-7-15-6-5-13/h11,13H,2,4-9H2,1,3H3. The van der Waals surface area contributed by atoms with Crippen LogP contribution in [0.4, 0.5) is 0 Å². The Balaban J connectivity index is 3.61. The summed E-state index contributed by atoms with van der Waals surface area (Å²) in [5.74, 6) is -0.392. The van der Waals surface area contributed by atoms with Gasteiger partial charge in [0.1, 0.15) is 6.10 Å². The number of ether oxygens (including phenoxy) is 3. The summed E-state index contributed by atoms with van der Waals surface area (Å²) in [7, 11) is 0.